The van der Waals surface area contributed by atoms with Crippen molar-refractivity contribution < 1.29 is 37.4 Å². The fourth-order valence-corrected chi connectivity index (χ4v) is 9.16. The number of alkyl carbamates (subject to hydrolysis) is 1. The van der Waals surface area contributed by atoms with Gasteiger partial charge in [-0.05, 0) is 84.0 Å². The van der Waals surface area contributed by atoms with Crippen molar-refractivity contribution in [2.75, 3.05) is 40.8 Å². The molecule has 2 aliphatic heterocycles. The van der Waals surface area contributed by atoms with Crippen molar-refractivity contribution in [2.45, 2.75) is 83.5 Å². The molecule has 14 nitrogen and oxygen atoms in total. The summed E-state index contributed by atoms with van der Waals surface area (Å²) in [6, 6.07) is 14.1. The number of hydrogen-bond donors (Lipinski definition) is 4. The molecular formula is C46H54F2N8O6. The quantitative estimate of drug-likeness (QED) is 0.0649. The Bertz CT molecular complexity index is 2470. The maximum absolute atomic E-state index is 16.5. The number of likely N-dealkylation sites (tertiary alicyclic amines) is 2. The van der Waals surface area contributed by atoms with Gasteiger partial charge >= 0.3 is 6.09 Å². The number of imidazole rings is 2. The third kappa shape index (κ3) is 8.06. The zero-order valence-corrected chi connectivity index (χ0v) is 35.9. The van der Waals surface area contributed by atoms with E-state index in [2.05, 4.69) is 25.6 Å². The van der Waals surface area contributed by atoms with Crippen molar-refractivity contribution >= 4 is 28.9 Å². The summed E-state index contributed by atoms with van der Waals surface area (Å²) in [4.78, 5) is 59.3. The van der Waals surface area contributed by atoms with Crippen LogP contribution in [0, 0.1) is 11.8 Å². The Labute approximate surface area is 359 Å². The van der Waals surface area contributed by atoms with Crippen LogP contribution in [-0.2, 0) is 29.7 Å². The van der Waals surface area contributed by atoms with E-state index in [1.165, 1.54) is 20.3 Å². The number of ether oxygens (including phenoxy) is 3. The van der Waals surface area contributed by atoms with E-state index in [-0.39, 0.29) is 60.4 Å². The molecule has 2 aromatic heterocycles. The Kier molecular flexibility index (Phi) is 12.2. The van der Waals surface area contributed by atoms with Crippen molar-refractivity contribution in [2.24, 2.45) is 11.8 Å². The van der Waals surface area contributed by atoms with E-state index < -0.39 is 24.1 Å². The Morgan fingerprint density at radius 1 is 0.806 bits per heavy atom. The third-order valence-electron chi connectivity index (χ3n) is 12.4. The Morgan fingerprint density at radius 3 is 2.05 bits per heavy atom. The van der Waals surface area contributed by atoms with E-state index in [4.69, 9.17) is 19.2 Å². The summed E-state index contributed by atoms with van der Waals surface area (Å²) in [5.41, 5.74) is 4.75. The number of rotatable bonds is 14. The van der Waals surface area contributed by atoms with Crippen LogP contribution >= 0.6 is 0 Å². The van der Waals surface area contributed by atoms with Gasteiger partial charge in [0.2, 0.25) is 11.8 Å². The van der Waals surface area contributed by atoms with E-state index in [1.54, 1.807) is 29.3 Å². The first-order chi connectivity index (χ1) is 29.8. The molecule has 0 spiro atoms. The van der Waals surface area contributed by atoms with Gasteiger partial charge < -0.3 is 39.3 Å². The van der Waals surface area contributed by atoms with E-state index in [0.29, 0.717) is 64.6 Å². The Hall–Kier alpha value is -5.71. The highest BCUT2D eigenvalue weighted by molar-refractivity contribution is 5.88. The summed E-state index contributed by atoms with van der Waals surface area (Å²) in [5.74, 6) is -2.40. The second-order valence-electron chi connectivity index (χ2n) is 17.0. The molecule has 328 valence electrons. The zero-order chi connectivity index (χ0) is 43.9. The maximum Gasteiger partial charge on any atom is 0.407 e. The molecule has 0 saturated carbocycles. The minimum absolute atomic E-state index is 0.0141. The van der Waals surface area contributed by atoms with Crippen molar-refractivity contribution in [3.63, 3.8) is 0 Å². The van der Waals surface area contributed by atoms with E-state index in [0.717, 1.165) is 30.3 Å². The monoisotopic (exact) mass is 852 g/mol. The van der Waals surface area contributed by atoms with Gasteiger partial charge in [-0.25, -0.2) is 14.8 Å². The normalized spacial score (nSPS) is 19.0. The number of hydrogen-bond acceptors (Lipinski definition) is 9. The number of carbonyl (C=O) groups excluding carboxylic acids is 3. The highest BCUT2D eigenvalue weighted by atomic mass is 19.3. The van der Waals surface area contributed by atoms with E-state index >= 15 is 8.78 Å². The number of carbonyl (C=O) groups is 3. The van der Waals surface area contributed by atoms with E-state index in [9.17, 15) is 14.4 Å². The molecule has 0 radical (unpaired) electrons. The molecular weight excluding hydrogens is 799 g/mol. The van der Waals surface area contributed by atoms with Gasteiger partial charge in [0, 0.05) is 36.9 Å². The van der Waals surface area contributed by atoms with E-state index in [1.807, 2.05) is 62.9 Å². The first kappa shape index (κ1) is 43.0. The molecule has 3 aliphatic rings. The molecule has 2 saturated heterocycles. The summed E-state index contributed by atoms with van der Waals surface area (Å²) in [6.07, 6.45) is 4.02. The van der Waals surface area contributed by atoms with Crippen LogP contribution in [-0.4, -0.2) is 101 Å². The SMILES string of the molecule is COCOCN[C@H](C(=O)N1CCC[C@H]1c1ncc(-c2ccc3c(c2)C(F)(F)c2cc(-c4ccc5nc([C@@H]6CCCN6C(=O)[C@@H](NC(=O)OC)C(C)C)[nH]c5c4)ccc2-3)[nH]1)C(C)C. The molecule has 1 aliphatic carbocycles. The summed E-state index contributed by atoms with van der Waals surface area (Å²) < 4.78 is 48.2. The predicted octanol–water partition coefficient (Wildman–Crippen LogP) is 7.64. The molecule has 5 aromatic rings. The molecule has 16 heteroatoms. The van der Waals surface area contributed by atoms with Crippen LogP contribution in [0.25, 0.3) is 44.5 Å². The fraction of sp³-hybridized carbons (Fsp3) is 0.457. The minimum atomic E-state index is -3.26. The lowest BCUT2D eigenvalue weighted by atomic mass is 9.98. The van der Waals surface area contributed by atoms with Gasteiger partial charge in [0.1, 0.15) is 31.2 Å². The lowest BCUT2D eigenvalue weighted by Crippen LogP contribution is -2.51. The standard InChI is InChI=1S/C46H54F2N8O6/c1-25(2)39(50-23-62-24-60-5)43(57)55-17-7-9-37(55)41-49-22-36(53-41)29-12-15-31-30-14-11-27(19-32(30)46(47,48)33(31)20-29)28-13-16-34-35(21-28)52-42(51-34)38-10-8-18-56(38)44(58)40(26(3)4)54-45(59)61-6/h11-16,19-22,25-26,37-40,50H,7-10,17-18,23-24H2,1-6H3,(H,49,53)(H,51,52)(H,54,59)/t37-,38-,39-,40-/m0/s1. The summed E-state index contributed by atoms with van der Waals surface area (Å²) in [7, 11) is 2.80. The Balaban J connectivity index is 0.998. The van der Waals surface area contributed by atoms with Gasteiger partial charge in [0.05, 0.1) is 48.2 Å². The topological polar surface area (TPSA) is 167 Å². The molecule has 2 fully saturated rings. The predicted molar refractivity (Wildman–Crippen MR) is 229 cm³/mol. The molecule has 0 bridgehead atoms. The number of H-pyrrole nitrogens is 2. The van der Waals surface area contributed by atoms with Crippen LogP contribution in [0.4, 0.5) is 13.6 Å². The number of fused-ring (bicyclic) bond motifs is 4. The Morgan fingerprint density at radius 2 is 1.40 bits per heavy atom. The summed E-state index contributed by atoms with van der Waals surface area (Å²) in [5, 5.41) is 5.87. The van der Waals surface area contributed by atoms with Crippen molar-refractivity contribution in [3.8, 4) is 33.5 Å². The highest BCUT2D eigenvalue weighted by Crippen LogP contribution is 2.53. The average Bonchev–Trinajstić information content (AvgIpc) is 4.12. The molecule has 4 heterocycles. The van der Waals surface area contributed by atoms with Crippen molar-refractivity contribution in [3.05, 3.63) is 83.6 Å². The number of aromatic nitrogens is 4. The maximum atomic E-state index is 16.5. The second-order valence-corrected chi connectivity index (χ2v) is 17.0. The van der Waals surface area contributed by atoms with Crippen LogP contribution in [0.1, 0.15) is 88.2 Å². The molecule has 3 aromatic carbocycles. The summed E-state index contributed by atoms with van der Waals surface area (Å²) in [6.45, 7) is 9.11. The first-order valence-corrected chi connectivity index (χ1v) is 21.3. The molecule has 3 amide bonds. The number of alkyl halides is 2. The molecule has 4 N–H and O–H groups in total. The van der Waals surface area contributed by atoms with Crippen LogP contribution in [0.3, 0.4) is 0 Å². The number of nitrogens with one attached hydrogen (secondary N) is 4. The number of nitrogens with zero attached hydrogens (tertiary/aromatic N) is 4. The second kappa shape index (κ2) is 17.6. The number of amides is 3. The smallest absolute Gasteiger partial charge is 0.407 e. The first-order valence-electron chi connectivity index (χ1n) is 21.3. The minimum Gasteiger partial charge on any atom is -0.453 e. The largest absolute Gasteiger partial charge is 0.453 e. The van der Waals surface area contributed by atoms with Crippen LogP contribution in [0.5, 0.6) is 0 Å². The number of methoxy groups -OCH3 is 2. The van der Waals surface area contributed by atoms with Gasteiger partial charge in [0.25, 0.3) is 5.92 Å². The zero-order valence-electron chi connectivity index (χ0n) is 35.9. The molecule has 62 heavy (non-hydrogen) atoms. The number of halogens is 2. The third-order valence-corrected chi connectivity index (χ3v) is 12.4. The van der Waals surface area contributed by atoms with Crippen LogP contribution in [0.15, 0.2) is 60.8 Å². The number of benzene rings is 3. The highest BCUT2D eigenvalue weighted by Gasteiger charge is 2.45. The van der Waals surface area contributed by atoms with Crippen LogP contribution in [0.2, 0.25) is 0 Å². The van der Waals surface area contributed by atoms with Gasteiger partial charge in [-0.15, -0.1) is 0 Å². The molecule has 0 unspecified atom stereocenters. The number of aromatic amines is 2. The lowest BCUT2D eigenvalue weighted by molar-refractivity contribution is -0.137. The van der Waals surface area contributed by atoms with Gasteiger partial charge in [-0.1, -0.05) is 58.0 Å². The van der Waals surface area contributed by atoms with Crippen molar-refractivity contribution in [1.29, 1.82) is 0 Å². The van der Waals surface area contributed by atoms with Crippen LogP contribution < -0.4 is 10.6 Å². The summed E-state index contributed by atoms with van der Waals surface area (Å²) >= 11 is 0. The molecule has 8 rings (SSSR count). The lowest BCUT2D eigenvalue weighted by Gasteiger charge is -2.30. The van der Waals surface area contributed by atoms with Gasteiger partial charge in [0.15, 0.2) is 0 Å². The molecule has 4 atom stereocenters. The average molecular weight is 853 g/mol. The fourth-order valence-electron chi connectivity index (χ4n) is 9.16. The van der Waals surface area contributed by atoms with Crippen molar-refractivity contribution in [1.82, 2.24) is 40.4 Å². The van der Waals surface area contributed by atoms with Gasteiger partial charge in [-0.2, -0.15) is 8.78 Å². The van der Waals surface area contributed by atoms with Gasteiger partial charge in [-0.3, -0.25) is 14.9 Å².